The Hall–Kier alpha value is -2.53. The number of imide groups is 1. The highest BCUT2D eigenvalue weighted by molar-refractivity contribution is 14.1. The van der Waals surface area contributed by atoms with E-state index in [0.29, 0.717) is 31.2 Å². The molecule has 0 atom stereocenters. The van der Waals surface area contributed by atoms with Crippen LogP contribution < -0.4 is 14.8 Å². The predicted octanol–water partition coefficient (Wildman–Crippen LogP) is 4.76. The molecule has 1 aliphatic heterocycles. The molecule has 31 heavy (non-hydrogen) atoms. The molecule has 1 aliphatic rings. The molecule has 2 aromatic carbocycles. The average molecular weight is 552 g/mol. The molecule has 0 spiro atoms. The molecule has 0 saturated carbocycles. The van der Waals surface area contributed by atoms with Crippen LogP contribution in [0.2, 0.25) is 0 Å². The Morgan fingerprint density at radius 3 is 2.55 bits per heavy atom. The zero-order chi connectivity index (χ0) is 22.5. The molecule has 0 unspecified atom stereocenters. The van der Waals surface area contributed by atoms with Gasteiger partial charge < -0.3 is 14.8 Å². The number of anilines is 1. The normalized spacial score (nSPS) is 15.0. The van der Waals surface area contributed by atoms with E-state index in [-0.39, 0.29) is 29.7 Å². The van der Waals surface area contributed by atoms with Crippen molar-refractivity contribution in [1.82, 2.24) is 4.90 Å². The van der Waals surface area contributed by atoms with Crippen LogP contribution in [-0.4, -0.2) is 41.7 Å². The minimum atomic E-state index is -0.308. The quantitative estimate of drug-likeness (QED) is 0.394. The fraction of sp³-hybridized carbons (Fsp3) is 0.227. The molecule has 1 heterocycles. The number of benzene rings is 2. The summed E-state index contributed by atoms with van der Waals surface area (Å²) in [6, 6.07) is 12.4. The van der Waals surface area contributed by atoms with Crippen molar-refractivity contribution < 1.29 is 23.9 Å². The molecule has 0 radical (unpaired) electrons. The summed E-state index contributed by atoms with van der Waals surface area (Å²) in [6.07, 6.45) is 1.66. The first-order valence-electron chi connectivity index (χ1n) is 9.42. The highest BCUT2D eigenvalue weighted by Crippen LogP contribution is 2.37. The Balaban J connectivity index is 1.75. The van der Waals surface area contributed by atoms with E-state index in [1.54, 1.807) is 44.2 Å². The van der Waals surface area contributed by atoms with Crippen LogP contribution in [0, 0.1) is 3.57 Å². The number of methoxy groups -OCH3 is 1. The lowest BCUT2D eigenvalue weighted by Crippen LogP contribution is -2.34. The maximum absolute atomic E-state index is 12.5. The Morgan fingerprint density at radius 1 is 1.23 bits per heavy atom. The number of hydrogen-bond acceptors (Lipinski definition) is 6. The van der Waals surface area contributed by atoms with Crippen molar-refractivity contribution in [1.29, 1.82) is 0 Å². The van der Waals surface area contributed by atoms with E-state index in [1.807, 2.05) is 18.2 Å². The molecule has 7 nitrogen and oxygen atoms in total. The first kappa shape index (κ1) is 23.1. The topological polar surface area (TPSA) is 84.9 Å². The van der Waals surface area contributed by atoms with Crippen LogP contribution in [0.3, 0.4) is 0 Å². The van der Waals surface area contributed by atoms with Gasteiger partial charge in [0.15, 0.2) is 18.1 Å². The highest BCUT2D eigenvalue weighted by atomic mass is 127. The molecular weight excluding hydrogens is 531 g/mol. The van der Waals surface area contributed by atoms with E-state index < -0.39 is 0 Å². The molecular formula is C22H21IN2O5S. The third kappa shape index (κ3) is 5.59. The molecule has 3 amide bonds. The maximum atomic E-state index is 12.5. The van der Waals surface area contributed by atoms with Crippen LogP contribution in [0.5, 0.6) is 11.5 Å². The number of hydrogen-bond donors (Lipinski definition) is 1. The summed E-state index contributed by atoms with van der Waals surface area (Å²) >= 11 is 3.00. The van der Waals surface area contributed by atoms with Gasteiger partial charge in [-0.1, -0.05) is 18.2 Å². The molecule has 1 fully saturated rings. The first-order valence-corrected chi connectivity index (χ1v) is 11.3. The lowest BCUT2D eigenvalue weighted by molar-refractivity contribution is -0.123. The minimum Gasteiger partial charge on any atom is -0.493 e. The fourth-order valence-corrected chi connectivity index (χ4v) is 4.64. The van der Waals surface area contributed by atoms with Crippen LogP contribution in [-0.2, 0) is 9.59 Å². The molecule has 3 rings (SSSR count). The molecule has 0 aromatic heterocycles. The molecule has 0 aliphatic carbocycles. The lowest BCUT2D eigenvalue weighted by atomic mass is 10.1. The number of para-hydroxylation sites is 1. The van der Waals surface area contributed by atoms with Crippen molar-refractivity contribution in [3.8, 4) is 11.5 Å². The maximum Gasteiger partial charge on any atom is 0.293 e. The van der Waals surface area contributed by atoms with Gasteiger partial charge in [-0.05, 0) is 84.1 Å². The van der Waals surface area contributed by atoms with Crippen LogP contribution in [0.4, 0.5) is 10.5 Å². The van der Waals surface area contributed by atoms with E-state index in [1.165, 1.54) is 12.0 Å². The van der Waals surface area contributed by atoms with Crippen molar-refractivity contribution in [2.45, 2.75) is 19.9 Å². The Kier molecular flexibility index (Phi) is 7.60. The van der Waals surface area contributed by atoms with E-state index >= 15 is 0 Å². The summed E-state index contributed by atoms with van der Waals surface area (Å²) in [7, 11) is 1.50. The number of nitrogens with one attached hydrogen (secondary N) is 1. The molecule has 0 bridgehead atoms. The minimum absolute atomic E-state index is 0.187. The smallest absolute Gasteiger partial charge is 0.293 e. The largest absolute Gasteiger partial charge is 0.493 e. The van der Waals surface area contributed by atoms with Crippen LogP contribution in [0.25, 0.3) is 6.08 Å². The van der Waals surface area contributed by atoms with E-state index in [9.17, 15) is 14.4 Å². The molecule has 1 saturated heterocycles. The Labute approximate surface area is 198 Å². The van der Waals surface area contributed by atoms with Crippen molar-refractivity contribution in [3.63, 3.8) is 0 Å². The first-order chi connectivity index (χ1) is 14.8. The second-order valence-electron chi connectivity index (χ2n) is 6.88. The van der Waals surface area contributed by atoms with E-state index in [4.69, 9.17) is 9.47 Å². The van der Waals surface area contributed by atoms with Crippen molar-refractivity contribution in [2.75, 3.05) is 19.0 Å². The summed E-state index contributed by atoms with van der Waals surface area (Å²) in [6.45, 7) is 3.41. The van der Waals surface area contributed by atoms with Crippen molar-refractivity contribution >= 4 is 63.2 Å². The number of carbonyl (C=O) groups is 3. The van der Waals surface area contributed by atoms with Gasteiger partial charge in [0, 0.05) is 11.7 Å². The summed E-state index contributed by atoms with van der Waals surface area (Å²) < 4.78 is 11.8. The van der Waals surface area contributed by atoms with Crippen molar-refractivity contribution in [3.05, 3.63) is 56.5 Å². The fourth-order valence-electron chi connectivity index (χ4n) is 2.90. The zero-order valence-corrected chi connectivity index (χ0v) is 20.2. The second kappa shape index (κ2) is 10.2. The third-order valence-corrected chi connectivity index (χ3v) is 5.98. The number of halogens is 1. The monoisotopic (exact) mass is 552 g/mol. The second-order valence-corrected chi connectivity index (χ2v) is 9.04. The van der Waals surface area contributed by atoms with Gasteiger partial charge in [-0.15, -0.1) is 0 Å². The standard InChI is InChI=1S/C22H21IN2O5S/c1-13(2)25-21(27)18(31-22(25)28)11-14-9-16(23)20(17(10-14)29-3)30-12-19(26)24-15-7-5-4-6-8-15/h4-11,13H,12H2,1-3H3,(H,24,26)/b18-11-. The Bertz CT molecular complexity index is 1040. The molecule has 1 N–H and O–H groups in total. The number of carbonyl (C=O) groups excluding carboxylic acids is 3. The molecule has 9 heteroatoms. The van der Waals surface area contributed by atoms with Gasteiger partial charge in [0.2, 0.25) is 0 Å². The van der Waals surface area contributed by atoms with E-state index in [0.717, 1.165) is 11.8 Å². The number of nitrogens with zero attached hydrogens (tertiary/aromatic N) is 1. The number of rotatable bonds is 7. The summed E-state index contributed by atoms with van der Waals surface area (Å²) in [5.41, 5.74) is 1.38. The van der Waals surface area contributed by atoms with Gasteiger partial charge in [-0.3, -0.25) is 19.3 Å². The zero-order valence-electron chi connectivity index (χ0n) is 17.2. The average Bonchev–Trinajstić information content (AvgIpc) is 3.00. The SMILES string of the molecule is COc1cc(/C=C2\SC(=O)N(C(C)C)C2=O)cc(I)c1OCC(=O)Nc1ccccc1. The van der Waals surface area contributed by atoms with Gasteiger partial charge in [-0.2, -0.15) is 0 Å². The summed E-state index contributed by atoms with van der Waals surface area (Å²) in [5, 5.41) is 2.48. The third-order valence-electron chi connectivity index (χ3n) is 4.29. The predicted molar refractivity (Wildman–Crippen MR) is 129 cm³/mol. The Morgan fingerprint density at radius 2 is 1.94 bits per heavy atom. The van der Waals surface area contributed by atoms with Gasteiger partial charge >= 0.3 is 0 Å². The van der Waals surface area contributed by atoms with Gasteiger partial charge in [-0.25, -0.2) is 0 Å². The summed E-state index contributed by atoms with van der Waals surface area (Å²) in [4.78, 5) is 38.4. The van der Waals surface area contributed by atoms with Crippen LogP contribution in [0.1, 0.15) is 19.4 Å². The van der Waals surface area contributed by atoms with Gasteiger partial charge in [0.1, 0.15) is 0 Å². The molecule has 2 aromatic rings. The van der Waals surface area contributed by atoms with Crippen LogP contribution >= 0.6 is 34.4 Å². The molecule has 162 valence electrons. The van der Waals surface area contributed by atoms with Gasteiger partial charge in [0.25, 0.3) is 17.1 Å². The number of amides is 3. The van der Waals surface area contributed by atoms with Crippen molar-refractivity contribution in [2.24, 2.45) is 0 Å². The number of thioether (sulfide) groups is 1. The lowest BCUT2D eigenvalue weighted by Gasteiger charge is -2.16. The summed E-state index contributed by atoms with van der Waals surface area (Å²) in [5.74, 6) is 0.250. The van der Waals surface area contributed by atoms with E-state index in [2.05, 4.69) is 27.9 Å². The number of ether oxygens (including phenoxy) is 2. The van der Waals surface area contributed by atoms with Crippen LogP contribution in [0.15, 0.2) is 47.4 Å². The highest BCUT2D eigenvalue weighted by Gasteiger charge is 2.36. The van der Waals surface area contributed by atoms with Gasteiger partial charge in [0.05, 0.1) is 15.6 Å².